The third-order valence-corrected chi connectivity index (χ3v) is 4.41. The molecular weight excluding hydrogens is 332 g/mol. The van der Waals surface area contributed by atoms with E-state index in [1.807, 2.05) is 6.92 Å². The number of aromatic nitrogens is 2. The minimum Gasteiger partial charge on any atom is -0.450 e. The first-order valence-electron chi connectivity index (χ1n) is 8.01. The lowest BCUT2D eigenvalue weighted by molar-refractivity contribution is -0.117. The third-order valence-electron chi connectivity index (χ3n) is 3.96. The van der Waals surface area contributed by atoms with Crippen LogP contribution in [0.2, 0.25) is 5.15 Å². The zero-order chi connectivity index (χ0) is 17.7. The van der Waals surface area contributed by atoms with Gasteiger partial charge in [0.15, 0.2) is 0 Å². The Bertz CT molecular complexity index is 634. The van der Waals surface area contributed by atoms with Gasteiger partial charge in [0.1, 0.15) is 5.15 Å². The van der Waals surface area contributed by atoms with E-state index in [2.05, 4.69) is 10.4 Å². The van der Waals surface area contributed by atoms with Crippen molar-refractivity contribution in [2.45, 2.75) is 32.7 Å². The number of nitrogens with zero attached hydrogens (tertiary/aromatic N) is 3. The molecule has 1 fully saturated rings. The molecule has 1 aromatic rings. The average Bonchev–Trinajstić information content (AvgIpc) is 2.79. The molecule has 0 bridgehead atoms. The largest absolute Gasteiger partial charge is 0.450 e. The molecule has 0 aliphatic carbocycles. The van der Waals surface area contributed by atoms with Crippen LogP contribution in [0.25, 0.3) is 6.08 Å². The van der Waals surface area contributed by atoms with Crippen LogP contribution < -0.4 is 5.32 Å². The number of rotatable bonds is 4. The Kier molecular flexibility index (Phi) is 6.25. The van der Waals surface area contributed by atoms with E-state index in [0.717, 1.165) is 11.3 Å². The second-order valence-electron chi connectivity index (χ2n) is 5.72. The van der Waals surface area contributed by atoms with Gasteiger partial charge in [-0.3, -0.25) is 9.48 Å². The van der Waals surface area contributed by atoms with E-state index in [0.29, 0.717) is 37.7 Å². The molecule has 0 radical (unpaired) electrons. The number of aryl methyl sites for hydroxylation is 2. The van der Waals surface area contributed by atoms with Gasteiger partial charge in [-0.2, -0.15) is 5.10 Å². The minimum absolute atomic E-state index is 0.0540. The lowest BCUT2D eigenvalue weighted by Gasteiger charge is -2.31. The van der Waals surface area contributed by atoms with Gasteiger partial charge >= 0.3 is 6.09 Å². The Labute approximate surface area is 146 Å². The highest BCUT2D eigenvalue weighted by Gasteiger charge is 2.24. The molecule has 1 N–H and O–H groups in total. The standard InChI is InChI=1S/C16H23ClN4O3/c1-4-24-16(23)21-9-7-12(8-10-21)18-14(22)6-5-13-11(2)19-20(3)15(13)17/h5-6,12H,4,7-10H2,1-3H3,(H,18,22)/b6-5+. The van der Waals surface area contributed by atoms with Crippen LogP contribution in [0.4, 0.5) is 4.79 Å². The summed E-state index contributed by atoms with van der Waals surface area (Å²) in [4.78, 5) is 25.4. The molecule has 0 spiro atoms. The number of hydrogen-bond donors (Lipinski definition) is 1. The van der Waals surface area contributed by atoms with Gasteiger partial charge in [0.05, 0.1) is 12.3 Å². The number of carbonyl (C=O) groups is 2. The highest BCUT2D eigenvalue weighted by atomic mass is 35.5. The predicted octanol–water partition coefficient (Wildman–Crippen LogP) is 2.13. The monoisotopic (exact) mass is 354 g/mol. The zero-order valence-corrected chi connectivity index (χ0v) is 15.0. The zero-order valence-electron chi connectivity index (χ0n) is 14.2. The van der Waals surface area contributed by atoms with Crippen molar-refractivity contribution in [3.05, 3.63) is 22.5 Å². The van der Waals surface area contributed by atoms with E-state index in [1.165, 1.54) is 6.08 Å². The highest BCUT2D eigenvalue weighted by molar-refractivity contribution is 6.31. The molecule has 8 heteroatoms. The normalized spacial score (nSPS) is 15.8. The smallest absolute Gasteiger partial charge is 0.409 e. The molecule has 0 unspecified atom stereocenters. The van der Waals surface area contributed by atoms with Crippen molar-refractivity contribution < 1.29 is 14.3 Å². The molecule has 1 saturated heterocycles. The summed E-state index contributed by atoms with van der Waals surface area (Å²) in [5.41, 5.74) is 1.51. The Hall–Kier alpha value is -2.02. The molecule has 1 aromatic heterocycles. The lowest BCUT2D eigenvalue weighted by atomic mass is 10.1. The molecule has 0 aromatic carbocycles. The van der Waals surface area contributed by atoms with Gasteiger partial charge in [-0.1, -0.05) is 11.6 Å². The third kappa shape index (κ3) is 4.50. The molecule has 0 saturated carbocycles. The Morgan fingerprint density at radius 3 is 2.62 bits per heavy atom. The number of nitrogens with one attached hydrogen (secondary N) is 1. The van der Waals surface area contributed by atoms with Gasteiger partial charge in [0, 0.05) is 37.8 Å². The van der Waals surface area contributed by atoms with Crippen LogP contribution in [0.5, 0.6) is 0 Å². The van der Waals surface area contributed by atoms with E-state index in [9.17, 15) is 9.59 Å². The number of amides is 2. The van der Waals surface area contributed by atoms with Crippen LogP contribution >= 0.6 is 11.6 Å². The average molecular weight is 355 g/mol. The molecule has 24 heavy (non-hydrogen) atoms. The van der Waals surface area contributed by atoms with Gasteiger partial charge < -0.3 is 15.0 Å². The number of ether oxygens (including phenoxy) is 1. The highest BCUT2D eigenvalue weighted by Crippen LogP contribution is 2.20. The summed E-state index contributed by atoms with van der Waals surface area (Å²) in [5.74, 6) is -0.177. The Morgan fingerprint density at radius 2 is 2.08 bits per heavy atom. The second-order valence-corrected chi connectivity index (χ2v) is 6.07. The molecule has 1 aliphatic heterocycles. The first kappa shape index (κ1) is 18.3. The number of piperidine rings is 1. The summed E-state index contributed by atoms with van der Waals surface area (Å²) in [6.45, 7) is 5.17. The SMILES string of the molecule is CCOC(=O)N1CCC(NC(=O)/C=C/c2c(C)nn(C)c2Cl)CC1. The van der Waals surface area contributed by atoms with E-state index < -0.39 is 0 Å². The molecule has 7 nitrogen and oxygen atoms in total. The van der Waals surface area contributed by atoms with Gasteiger partial charge in [-0.15, -0.1) is 0 Å². The van der Waals surface area contributed by atoms with Crippen molar-refractivity contribution in [3.63, 3.8) is 0 Å². The summed E-state index contributed by atoms with van der Waals surface area (Å²) in [5, 5.41) is 7.65. The molecule has 2 amide bonds. The van der Waals surface area contributed by atoms with Crippen molar-refractivity contribution >= 4 is 29.7 Å². The van der Waals surface area contributed by atoms with Gasteiger partial charge in [-0.25, -0.2) is 4.79 Å². The van der Waals surface area contributed by atoms with Crippen LogP contribution in [0.1, 0.15) is 31.0 Å². The van der Waals surface area contributed by atoms with Crippen molar-refractivity contribution in [2.24, 2.45) is 7.05 Å². The van der Waals surface area contributed by atoms with Gasteiger partial charge in [0.2, 0.25) is 5.91 Å². The van der Waals surface area contributed by atoms with Crippen LogP contribution in [0.3, 0.4) is 0 Å². The van der Waals surface area contributed by atoms with E-state index in [-0.39, 0.29) is 18.0 Å². The number of carbonyl (C=O) groups excluding carboxylic acids is 2. The topological polar surface area (TPSA) is 76.5 Å². The Balaban J connectivity index is 1.83. The van der Waals surface area contributed by atoms with E-state index in [4.69, 9.17) is 16.3 Å². The Morgan fingerprint density at radius 1 is 1.42 bits per heavy atom. The molecular formula is C16H23ClN4O3. The quantitative estimate of drug-likeness (QED) is 0.840. The van der Waals surface area contributed by atoms with E-state index >= 15 is 0 Å². The second kappa shape index (κ2) is 8.19. The minimum atomic E-state index is -0.288. The van der Waals surface area contributed by atoms with Crippen LogP contribution in [0, 0.1) is 6.92 Å². The first-order valence-corrected chi connectivity index (χ1v) is 8.39. The van der Waals surface area contributed by atoms with Crippen molar-refractivity contribution in [1.82, 2.24) is 20.0 Å². The van der Waals surface area contributed by atoms with Gasteiger partial charge in [0.25, 0.3) is 0 Å². The molecule has 0 atom stereocenters. The van der Waals surface area contributed by atoms with E-state index in [1.54, 1.807) is 29.6 Å². The maximum atomic E-state index is 12.1. The van der Waals surface area contributed by atoms with Crippen LogP contribution in [-0.2, 0) is 16.6 Å². The number of likely N-dealkylation sites (tertiary alicyclic amines) is 1. The first-order chi connectivity index (χ1) is 11.4. The lowest BCUT2D eigenvalue weighted by Crippen LogP contribution is -2.46. The van der Waals surface area contributed by atoms with Crippen molar-refractivity contribution in [3.8, 4) is 0 Å². The van der Waals surface area contributed by atoms with Crippen LogP contribution in [-0.4, -0.2) is 52.4 Å². The van der Waals surface area contributed by atoms with Gasteiger partial charge in [-0.05, 0) is 32.8 Å². The number of halogens is 1. The summed E-state index contributed by atoms with van der Waals surface area (Å²) in [6, 6.07) is 0.0540. The van der Waals surface area contributed by atoms with Crippen LogP contribution in [0.15, 0.2) is 6.08 Å². The molecule has 132 valence electrons. The summed E-state index contributed by atoms with van der Waals surface area (Å²) < 4.78 is 6.55. The summed E-state index contributed by atoms with van der Waals surface area (Å²) >= 11 is 6.13. The maximum absolute atomic E-state index is 12.1. The fourth-order valence-corrected chi connectivity index (χ4v) is 2.90. The fourth-order valence-electron chi connectivity index (χ4n) is 2.67. The maximum Gasteiger partial charge on any atom is 0.409 e. The predicted molar refractivity (Wildman–Crippen MR) is 91.7 cm³/mol. The summed E-state index contributed by atoms with van der Waals surface area (Å²) in [6.07, 6.45) is 4.28. The fraction of sp³-hybridized carbons (Fsp3) is 0.562. The molecule has 2 heterocycles. The molecule has 2 rings (SSSR count). The summed E-state index contributed by atoms with van der Waals surface area (Å²) in [7, 11) is 1.75. The van der Waals surface area contributed by atoms with Crippen molar-refractivity contribution in [1.29, 1.82) is 0 Å². The molecule has 1 aliphatic rings. The van der Waals surface area contributed by atoms with Crippen molar-refractivity contribution in [2.75, 3.05) is 19.7 Å². The number of hydrogen-bond acceptors (Lipinski definition) is 4.